The van der Waals surface area contributed by atoms with Crippen LogP contribution >= 0.6 is 0 Å². The van der Waals surface area contributed by atoms with Crippen LogP contribution in [0.1, 0.15) is 34.1 Å². The van der Waals surface area contributed by atoms with Gasteiger partial charge >= 0.3 is 0 Å². The van der Waals surface area contributed by atoms with E-state index in [-0.39, 0.29) is 11.1 Å². The number of carbonyl (C=O) groups excluding carboxylic acids is 1. The molecule has 29 heavy (non-hydrogen) atoms. The molecule has 1 aliphatic heterocycles. The van der Waals surface area contributed by atoms with Crippen molar-refractivity contribution in [3.63, 3.8) is 0 Å². The number of halogens is 2. The Morgan fingerprint density at radius 2 is 1.83 bits per heavy atom. The highest BCUT2D eigenvalue weighted by Gasteiger charge is 2.32. The van der Waals surface area contributed by atoms with Gasteiger partial charge in [0.1, 0.15) is 6.61 Å². The Labute approximate surface area is 167 Å². The second-order valence-electron chi connectivity index (χ2n) is 7.13. The van der Waals surface area contributed by atoms with Crippen molar-refractivity contribution in [3.05, 3.63) is 83.0 Å². The van der Waals surface area contributed by atoms with E-state index in [4.69, 9.17) is 4.74 Å². The first kappa shape index (κ1) is 19.1. The van der Waals surface area contributed by atoms with Gasteiger partial charge in [0.25, 0.3) is 11.8 Å². The Morgan fingerprint density at radius 1 is 1.10 bits per heavy atom. The SMILES string of the molecule is CC(F)(F)c1ccccc1C(=O)N1CCn2nc(OCc3ccccc3)cc2C1. The zero-order valence-electron chi connectivity index (χ0n) is 16.0. The van der Waals surface area contributed by atoms with Crippen LogP contribution in [0.3, 0.4) is 0 Å². The number of carbonyl (C=O) groups is 1. The summed E-state index contributed by atoms with van der Waals surface area (Å²) in [5.74, 6) is -3.00. The normalized spacial score (nSPS) is 13.8. The van der Waals surface area contributed by atoms with Crippen LogP contribution in [0.2, 0.25) is 0 Å². The lowest BCUT2D eigenvalue weighted by molar-refractivity contribution is 0.0156. The molecule has 0 bridgehead atoms. The average Bonchev–Trinajstić information content (AvgIpc) is 3.14. The maximum absolute atomic E-state index is 13.9. The molecule has 1 aliphatic rings. The molecule has 0 saturated heterocycles. The van der Waals surface area contributed by atoms with Crippen molar-refractivity contribution in [1.29, 1.82) is 0 Å². The lowest BCUT2D eigenvalue weighted by atomic mass is 10.0. The third-order valence-corrected chi connectivity index (χ3v) is 4.92. The number of hydrogen-bond acceptors (Lipinski definition) is 3. The number of aromatic nitrogens is 2. The molecule has 0 aliphatic carbocycles. The summed E-state index contributed by atoms with van der Waals surface area (Å²) in [6.45, 7) is 2.39. The Kier molecular flexibility index (Phi) is 5.05. The number of rotatable bonds is 5. The van der Waals surface area contributed by atoms with Gasteiger partial charge in [0, 0.05) is 30.7 Å². The maximum Gasteiger partial charge on any atom is 0.271 e. The molecule has 5 nitrogen and oxygen atoms in total. The van der Waals surface area contributed by atoms with Crippen LogP contribution in [0.25, 0.3) is 0 Å². The Bertz CT molecular complexity index is 1010. The van der Waals surface area contributed by atoms with E-state index in [0.29, 0.717) is 32.1 Å². The lowest BCUT2D eigenvalue weighted by Crippen LogP contribution is -2.39. The van der Waals surface area contributed by atoms with Crippen LogP contribution < -0.4 is 4.74 Å². The van der Waals surface area contributed by atoms with Crippen LogP contribution in [-0.4, -0.2) is 27.1 Å². The Hall–Kier alpha value is -3.22. The summed E-state index contributed by atoms with van der Waals surface area (Å²) in [7, 11) is 0. The smallest absolute Gasteiger partial charge is 0.271 e. The summed E-state index contributed by atoms with van der Waals surface area (Å²) in [4.78, 5) is 14.5. The van der Waals surface area contributed by atoms with Gasteiger partial charge < -0.3 is 9.64 Å². The molecule has 2 aromatic carbocycles. The third kappa shape index (κ3) is 4.13. The minimum Gasteiger partial charge on any atom is -0.472 e. The highest BCUT2D eigenvalue weighted by molar-refractivity contribution is 5.96. The van der Waals surface area contributed by atoms with Gasteiger partial charge in [-0.25, -0.2) is 8.78 Å². The van der Waals surface area contributed by atoms with Crippen LogP contribution in [0.5, 0.6) is 5.88 Å². The predicted molar refractivity (Wildman–Crippen MR) is 104 cm³/mol. The zero-order chi connectivity index (χ0) is 20.4. The van der Waals surface area contributed by atoms with Gasteiger partial charge in [0.05, 0.1) is 18.8 Å². The molecule has 0 spiro atoms. The highest BCUT2D eigenvalue weighted by Crippen LogP contribution is 2.31. The molecule has 0 unspecified atom stereocenters. The van der Waals surface area contributed by atoms with E-state index < -0.39 is 11.8 Å². The number of alkyl halides is 2. The lowest BCUT2D eigenvalue weighted by Gasteiger charge is -2.28. The monoisotopic (exact) mass is 397 g/mol. The predicted octanol–water partition coefficient (Wildman–Crippen LogP) is 4.23. The van der Waals surface area contributed by atoms with Crippen LogP contribution in [0.4, 0.5) is 8.78 Å². The van der Waals surface area contributed by atoms with E-state index in [9.17, 15) is 13.6 Å². The molecule has 1 aromatic heterocycles. The number of hydrogen-bond donors (Lipinski definition) is 0. The summed E-state index contributed by atoms with van der Waals surface area (Å²) in [6.07, 6.45) is 0. The zero-order valence-corrected chi connectivity index (χ0v) is 16.0. The quantitative estimate of drug-likeness (QED) is 0.647. The molecule has 0 atom stereocenters. The molecule has 1 amide bonds. The molecule has 150 valence electrons. The summed E-state index contributed by atoms with van der Waals surface area (Å²) >= 11 is 0. The first-order chi connectivity index (χ1) is 13.9. The molecule has 0 fully saturated rings. The Balaban J connectivity index is 1.48. The summed E-state index contributed by atoms with van der Waals surface area (Å²) in [6, 6.07) is 17.4. The Morgan fingerprint density at radius 3 is 2.59 bits per heavy atom. The van der Waals surface area contributed by atoms with E-state index in [1.807, 2.05) is 30.3 Å². The minimum atomic E-state index is -3.08. The van der Waals surface area contributed by atoms with Crippen molar-refractivity contribution in [3.8, 4) is 5.88 Å². The minimum absolute atomic E-state index is 0.0357. The molecule has 3 aromatic rings. The highest BCUT2D eigenvalue weighted by atomic mass is 19.3. The topological polar surface area (TPSA) is 47.4 Å². The fraction of sp³-hybridized carbons (Fsp3) is 0.273. The van der Waals surface area contributed by atoms with Gasteiger partial charge in [-0.05, 0) is 11.6 Å². The van der Waals surface area contributed by atoms with Crippen molar-refractivity contribution < 1.29 is 18.3 Å². The van der Waals surface area contributed by atoms with Crippen molar-refractivity contribution in [2.45, 2.75) is 32.5 Å². The first-order valence-corrected chi connectivity index (χ1v) is 9.42. The van der Waals surface area contributed by atoms with Gasteiger partial charge in [-0.1, -0.05) is 48.5 Å². The van der Waals surface area contributed by atoms with Gasteiger partial charge in [-0.2, -0.15) is 0 Å². The van der Waals surface area contributed by atoms with Crippen LogP contribution in [0, 0.1) is 0 Å². The molecule has 2 heterocycles. The fourth-order valence-electron chi connectivity index (χ4n) is 3.44. The van der Waals surface area contributed by atoms with Gasteiger partial charge in [0.15, 0.2) is 0 Å². The molecule has 0 saturated carbocycles. The largest absolute Gasteiger partial charge is 0.472 e. The van der Waals surface area contributed by atoms with E-state index in [0.717, 1.165) is 18.2 Å². The van der Waals surface area contributed by atoms with Gasteiger partial charge in [-0.3, -0.25) is 9.48 Å². The standard InChI is InChI=1S/C22H21F2N3O2/c1-22(23,24)19-10-6-5-9-18(19)21(28)26-11-12-27-17(14-26)13-20(25-27)29-15-16-7-3-2-4-8-16/h2-10,13H,11-12,14-15H2,1H3. The van der Waals surface area contributed by atoms with Crippen molar-refractivity contribution in [1.82, 2.24) is 14.7 Å². The molecule has 4 rings (SSSR count). The van der Waals surface area contributed by atoms with Crippen LogP contribution in [0.15, 0.2) is 60.7 Å². The molecular weight excluding hydrogens is 376 g/mol. The second-order valence-corrected chi connectivity index (χ2v) is 7.13. The summed E-state index contributed by atoms with van der Waals surface area (Å²) < 4.78 is 35.4. The molecular formula is C22H21F2N3O2. The van der Waals surface area contributed by atoms with Crippen molar-refractivity contribution in [2.24, 2.45) is 0 Å². The van der Waals surface area contributed by atoms with Crippen molar-refractivity contribution >= 4 is 5.91 Å². The van der Waals surface area contributed by atoms with Gasteiger partial charge in [-0.15, -0.1) is 5.10 Å². The van der Waals surface area contributed by atoms with E-state index in [2.05, 4.69) is 5.10 Å². The third-order valence-electron chi connectivity index (χ3n) is 4.92. The number of nitrogens with zero attached hydrogens (tertiary/aromatic N) is 3. The molecule has 0 N–H and O–H groups in total. The van der Waals surface area contributed by atoms with E-state index >= 15 is 0 Å². The van der Waals surface area contributed by atoms with Crippen LogP contribution in [-0.2, 0) is 25.6 Å². The average molecular weight is 397 g/mol. The number of benzene rings is 2. The molecule has 7 heteroatoms. The fourth-order valence-corrected chi connectivity index (χ4v) is 3.44. The number of amides is 1. The number of ether oxygens (including phenoxy) is 1. The summed E-state index contributed by atoms with van der Waals surface area (Å²) in [5.41, 5.74) is 1.63. The second kappa shape index (κ2) is 7.66. The molecule has 0 radical (unpaired) electrons. The maximum atomic E-state index is 13.9. The first-order valence-electron chi connectivity index (χ1n) is 9.42. The van der Waals surface area contributed by atoms with Crippen molar-refractivity contribution in [2.75, 3.05) is 6.54 Å². The summed E-state index contributed by atoms with van der Waals surface area (Å²) in [5, 5.41) is 4.43. The van der Waals surface area contributed by atoms with E-state index in [1.165, 1.54) is 18.2 Å². The van der Waals surface area contributed by atoms with Gasteiger partial charge in [0.2, 0.25) is 5.88 Å². The van der Waals surface area contributed by atoms with E-state index in [1.54, 1.807) is 21.7 Å². The number of fused-ring (bicyclic) bond motifs is 1.